The number of fused-ring (bicyclic) bond motifs is 4. The molecule has 2 aromatic rings. The molecule has 3 atom stereocenters. The molecule has 6 heteroatoms. The molecule has 36 heavy (non-hydrogen) atoms. The molecule has 1 amide bonds. The van der Waals surface area contributed by atoms with E-state index in [9.17, 15) is 4.79 Å². The van der Waals surface area contributed by atoms with Crippen LogP contribution in [0.1, 0.15) is 72.9 Å². The third kappa shape index (κ3) is 4.86. The van der Waals surface area contributed by atoms with Crippen molar-refractivity contribution in [3.8, 4) is 5.75 Å². The van der Waals surface area contributed by atoms with Crippen LogP contribution in [0.25, 0.3) is 0 Å². The van der Waals surface area contributed by atoms with Crippen molar-refractivity contribution in [2.24, 2.45) is 5.92 Å². The molecule has 2 bridgehead atoms. The summed E-state index contributed by atoms with van der Waals surface area (Å²) in [6.07, 6.45) is 10.8. The molecule has 1 fully saturated rings. The Morgan fingerprint density at radius 1 is 1.06 bits per heavy atom. The summed E-state index contributed by atoms with van der Waals surface area (Å²) in [5.41, 5.74) is 4.53. The number of nitrogens with zero attached hydrogens (tertiary/aromatic N) is 1. The highest BCUT2D eigenvalue weighted by Gasteiger charge is 2.43. The minimum absolute atomic E-state index is 0.0264. The van der Waals surface area contributed by atoms with Crippen LogP contribution in [-0.2, 0) is 11.8 Å². The lowest BCUT2D eigenvalue weighted by atomic mass is 9.70. The Bertz CT molecular complexity index is 1120. The van der Waals surface area contributed by atoms with Gasteiger partial charge in [-0.3, -0.25) is 4.79 Å². The van der Waals surface area contributed by atoms with E-state index in [-0.39, 0.29) is 11.3 Å². The zero-order chi connectivity index (χ0) is 24.5. The van der Waals surface area contributed by atoms with Crippen LogP contribution in [0.15, 0.2) is 36.4 Å². The summed E-state index contributed by atoms with van der Waals surface area (Å²) < 4.78 is 6.60. The van der Waals surface area contributed by atoms with E-state index in [4.69, 9.17) is 16.3 Å². The normalized spacial score (nSPS) is 28.7. The lowest BCUT2D eigenvalue weighted by Gasteiger charge is -2.44. The van der Waals surface area contributed by atoms with Crippen molar-refractivity contribution >= 4 is 35.0 Å². The van der Waals surface area contributed by atoms with Crippen molar-refractivity contribution in [1.29, 1.82) is 0 Å². The van der Waals surface area contributed by atoms with Crippen molar-refractivity contribution in [2.45, 2.75) is 68.5 Å². The third-order valence-electron chi connectivity index (χ3n) is 8.79. The van der Waals surface area contributed by atoms with E-state index in [1.54, 1.807) is 0 Å². The molecule has 0 radical (unpaired) electrons. The number of nitrogens with one attached hydrogen (secondary N) is 1. The van der Waals surface area contributed by atoms with Crippen LogP contribution in [0, 0.1) is 5.92 Å². The molecule has 192 valence electrons. The molecule has 2 heterocycles. The first-order valence-electron chi connectivity index (χ1n) is 13.8. The van der Waals surface area contributed by atoms with Gasteiger partial charge in [-0.2, -0.15) is 11.8 Å². The second-order valence-corrected chi connectivity index (χ2v) is 13.0. The van der Waals surface area contributed by atoms with Gasteiger partial charge in [0.05, 0.1) is 12.3 Å². The topological polar surface area (TPSA) is 41.6 Å². The number of ether oxygens (including phenoxy) is 1. The van der Waals surface area contributed by atoms with Gasteiger partial charge in [0.15, 0.2) is 0 Å². The van der Waals surface area contributed by atoms with Gasteiger partial charge in [0.25, 0.3) is 5.91 Å². The van der Waals surface area contributed by atoms with Crippen LogP contribution in [0.4, 0.5) is 5.69 Å². The van der Waals surface area contributed by atoms with E-state index in [2.05, 4.69) is 40.2 Å². The molecule has 1 spiro atoms. The molecular formula is C30H37ClN2O2S. The molecule has 1 N–H and O–H groups in total. The molecular weight excluding hydrogens is 488 g/mol. The van der Waals surface area contributed by atoms with E-state index in [1.165, 1.54) is 49.0 Å². The highest BCUT2D eigenvalue weighted by Crippen LogP contribution is 2.46. The molecule has 1 saturated carbocycles. The molecule has 2 aliphatic carbocycles. The number of hydrogen-bond donors (Lipinski definition) is 1. The predicted molar refractivity (Wildman–Crippen MR) is 150 cm³/mol. The Balaban J connectivity index is 1.37. The lowest BCUT2D eigenvalue weighted by molar-refractivity contribution is 0.0953. The number of anilines is 1. The summed E-state index contributed by atoms with van der Waals surface area (Å²) in [4.78, 5) is 15.6. The first kappa shape index (κ1) is 24.5. The summed E-state index contributed by atoms with van der Waals surface area (Å²) in [5, 5.41) is 4.72. The van der Waals surface area contributed by atoms with Gasteiger partial charge in [-0.15, -0.1) is 0 Å². The number of benzene rings is 2. The lowest BCUT2D eigenvalue weighted by Crippen LogP contribution is -2.49. The van der Waals surface area contributed by atoms with E-state index >= 15 is 0 Å². The number of aryl methyl sites for hydroxylation is 1. The van der Waals surface area contributed by atoms with Crippen molar-refractivity contribution in [3.63, 3.8) is 0 Å². The summed E-state index contributed by atoms with van der Waals surface area (Å²) in [6.45, 7) is 3.37. The van der Waals surface area contributed by atoms with E-state index in [0.717, 1.165) is 72.6 Å². The molecule has 0 aromatic heterocycles. The smallest absolute Gasteiger partial charge is 0.251 e. The molecule has 0 unspecified atom stereocenters. The Kier molecular flexibility index (Phi) is 7.14. The van der Waals surface area contributed by atoms with Gasteiger partial charge in [0, 0.05) is 40.9 Å². The summed E-state index contributed by atoms with van der Waals surface area (Å²) in [7, 11) is 0. The Morgan fingerprint density at radius 3 is 2.86 bits per heavy atom. The maximum atomic E-state index is 13.0. The van der Waals surface area contributed by atoms with Gasteiger partial charge in [0.2, 0.25) is 0 Å². The van der Waals surface area contributed by atoms with Crippen molar-refractivity contribution in [3.05, 3.63) is 58.1 Å². The number of thioether (sulfide) groups is 1. The minimum Gasteiger partial charge on any atom is -0.490 e. The molecule has 4 aliphatic rings. The van der Waals surface area contributed by atoms with E-state index < -0.39 is 0 Å². The van der Waals surface area contributed by atoms with Gasteiger partial charge in [-0.1, -0.05) is 30.5 Å². The van der Waals surface area contributed by atoms with Gasteiger partial charge < -0.3 is 15.0 Å². The molecule has 6 rings (SSSR count). The largest absolute Gasteiger partial charge is 0.490 e. The standard InChI is InChI=1S/C30H37ClN2O2S/c31-24-9-10-25-21(16-24)6-5-13-30(25)19-33-18-23-8-12-28(23)36-15-4-2-1-3-14-32-29(34)22-7-11-27(35-20-30)26(33)17-22/h7,9-11,16-17,23,28H,1-6,8,12-15,18-20H2,(H,32,34)/t23-,28+,30+/m1/s1. The second-order valence-electron chi connectivity index (χ2n) is 11.2. The first-order valence-corrected chi connectivity index (χ1v) is 15.2. The van der Waals surface area contributed by atoms with Gasteiger partial charge in [-0.05, 0) is 98.1 Å². The maximum Gasteiger partial charge on any atom is 0.251 e. The fraction of sp³-hybridized carbons (Fsp3) is 0.567. The van der Waals surface area contributed by atoms with E-state index in [1.807, 2.05) is 18.2 Å². The number of carbonyl (C=O) groups is 1. The Morgan fingerprint density at radius 2 is 1.97 bits per heavy atom. The third-order valence-corrected chi connectivity index (χ3v) is 10.6. The van der Waals surface area contributed by atoms with Crippen molar-refractivity contribution < 1.29 is 9.53 Å². The van der Waals surface area contributed by atoms with Crippen molar-refractivity contribution in [2.75, 3.05) is 36.9 Å². The Labute approximate surface area is 224 Å². The average Bonchev–Trinajstić information content (AvgIpc) is 3.02. The zero-order valence-electron chi connectivity index (χ0n) is 21.1. The fourth-order valence-corrected chi connectivity index (χ4v) is 8.29. The number of halogens is 1. The summed E-state index contributed by atoms with van der Waals surface area (Å²) in [5.74, 6) is 2.89. The highest BCUT2D eigenvalue weighted by atomic mass is 35.5. The van der Waals surface area contributed by atoms with Crippen LogP contribution >= 0.6 is 23.4 Å². The average molecular weight is 525 g/mol. The fourth-order valence-electron chi connectivity index (χ4n) is 6.62. The van der Waals surface area contributed by atoms with Crippen LogP contribution < -0.4 is 15.0 Å². The number of carbonyl (C=O) groups excluding carboxylic acids is 1. The number of rotatable bonds is 0. The van der Waals surface area contributed by atoms with Gasteiger partial charge >= 0.3 is 0 Å². The van der Waals surface area contributed by atoms with Gasteiger partial charge in [0.1, 0.15) is 5.75 Å². The molecule has 2 aliphatic heterocycles. The Hall–Kier alpha value is -1.85. The van der Waals surface area contributed by atoms with Crippen LogP contribution in [0.3, 0.4) is 0 Å². The van der Waals surface area contributed by atoms with Crippen LogP contribution in [-0.4, -0.2) is 43.2 Å². The summed E-state index contributed by atoms with van der Waals surface area (Å²) >= 11 is 8.59. The number of amides is 1. The van der Waals surface area contributed by atoms with Crippen LogP contribution in [0.2, 0.25) is 5.02 Å². The first-order chi connectivity index (χ1) is 17.6. The maximum absolute atomic E-state index is 13.0. The highest BCUT2D eigenvalue weighted by molar-refractivity contribution is 7.99. The zero-order valence-corrected chi connectivity index (χ0v) is 22.6. The van der Waals surface area contributed by atoms with Crippen LogP contribution in [0.5, 0.6) is 5.75 Å². The molecule has 4 nitrogen and oxygen atoms in total. The minimum atomic E-state index is -0.0627. The quantitative estimate of drug-likeness (QED) is 0.420. The molecule has 0 saturated heterocycles. The second kappa shape index (κ2) is 10.5. The SMILES string of the molecule is O=C1NCCCCCCS[C@H]2CC[C@@H]2CN2C[C@@]3(CCCc4cc(Cl)ccc43)COc3ccc1cc32. The molecule has 2 aromatic carbocycles. The monoisotopic (exact) mass is 524 g/mol. The van der Waals surface area contributed by atoms with Gasteiger partial charge in [-0.25, -0.2) is 0 Å². The summed E-state index contributed by atoms with van der Waals surface area (Å²) in [6, 6.07) is 12.5. The number of hydrogen-bond acceptors (Lipinski definition) is 4. The van der Waals surface area contributed by atoms with Crippen molar-refractivity contribution in [1.82, 2.24) is 5.32 Å². The van der Waals surface area contributed by atoms with E-state index in [0.29, 0.717) is 12.5 Å². The predicted octanol–water partition coefficient (Wildman–Crippen LogP) is 6.63.